The van der Waals surface area contributed by atoms with Crippen LogP contribution in [0.1, 0.15) is 57.7 Å². The maximum Gasteiger partial charge on any atom is 0.407 e. The van der Waals surface area contributed by atoms with Gasteiger partial charge in [0.2, 0.25) is 5.91 Å². The fourth-order valence-electron chi connectivity index (χ4n) is 2.01. The number of alkyl carbamates (subject to hydrolysis) is 1. The largest absolute Gasteiger partial charge is 0.444 e. The van der Waals surface area contributed by atoms with Gasteiger partial charge >= 0.3 is 6.09 Å². The molecule has 5 nitrogen and oxygen atoms in total. The predicted molar refractivity (Wildman–Crippen MR) is 91.2 cm³/mol. The predicted octanol–water partition coefficient (Wildman–Crippen LogP) is 3.48. The smallest absolute Gasteiger partial charge is 0.407 e. The van der Waals surface area contributed by atoms with Crippen molar-refractivity contribution in [3.63, 3.8) is 0 Å². The van der Waals surface area contributed by atoms with Crippen LogP contribution >= 0.6 is 0 Å². The fourth-order valence-corrected chi connectivity index (χ4v) is 2.01. The van der Waals surface area contributed by atoms with Crippen LogP contribution in [0.4, 0.5) is 4.79 Å². The first-order valence-corrected chi connectivity index (χ1v) is 8.00. The van der Waals surface area contributed by atoms with E-state index in [2.05, 4.69) is 10.6 Å². The van der Waals surface area contributed by atoms with E-state index in [0.717, 1.165) is 5.56 Å². The summed E-state index contributed by atoms with van der Waals surface area (Å²) in [6.07, 6.45) is 0.489. The van der Waals surface area contributed by atoms with E-state index in [1.54, 1.807) is 0 Å². The number of ether oxygens (including phenoxy) is 1. The number of rotatable bonds is 6. The third-order valence-corrected chi connectivity index (χ3v) is 3.20. The maximum atomic E-state index is 11.9. The zero-order valence-electron chi connectivity index (χ0n) is 14.7. The van der Waals surface area contributed by atoms with Crippen LogP contribution < -0.4 is 10.6 Å². The average Bonchev–Trinajstić information content (AvgIpc) is 2.42. The van der Waals surface area contributed by atoms with Crippen LogP contribution in [0.15, 0.2) is 24.3 Å². The quantitative estimate of drug-likeness (QED) is 0.789. The molecule has 1 aromatic carbocycles. The minimum atomic E-state index is -0.509. The van der Waals surface area contributed by atoms with Crippen molar-refractivity contribution < 1.29 is 14.3 Å². The van der Waals surface area contributed by atoms with E-state index in [9.17, 15) is 9.59 Å². The third kappa shape index (κ3) is 8.24. The maximum absolute atomic E-state index is 11.9. The minimum absolute atomic E-state index is 0.0240. The van der Waals surface area contributed by atoms with Gasteiger partial charge in [0.25, 0.3) is 0 Å². The molecule has 0 aromatic heterocycles. The molecular formula is C18H28N2O3. The van der Waals surface area contributed by atoms with Crippen molar-refractivity contribution in [2.24, 2.45) is 0 Å². The van der Waals surface area contributed by atoms with Gasteiger partial charge in [0, 0.05) is 13.0 Å². The molecule has 0 radical (unpaired) electrons. The lowest BCUT2D eigenvalue weighted by molar-refractivity contribution is -0.121. The van der Waals surface area contributed by atoms with Gasteiger partial charge < -0.3 is 15.4 Å². The summed E-state index contributed by atoms with van der Waals surface area (Å²) in [4.78, 5) is 23.4. The van der Waals surface area contributed by atoms with E-state index < -0.39 is 11.7 Å². The Morgan fingerprint density at radius 3 is 2.35 bits per heavy atom. The lowest BCUT2D eigenvalue weighted by Crippen LogP contribution is -2.33. The van der Waals surface area contributed by atoms with Crippen LogP contribution in [0.3, 0.4) is 0 Å². The van der Waals surface area contributed by atoms with Gasteiger partial charge in [-0.3, -0.25) is 4.79 Å². The summed E-state index contributed by atoms with van der Waals surface area (Å²) >= 11 is 0. The van der Waals surface area contributed by atoms with Gasteiger partial charge in [0.1, 0.15) is 5.60 Å². The number of carbonyl (C=O) groups is 2. The Balaban J connectivity index is 2.24. The highest BCUT2D eigenvalue weighted by molar-refractivity contribution is 5.76. The Kier molecular flexibility index (Phi) is 7.07. The molecule has 0 saturated heterocycles. The first-order valence-electron chi connectivity index (χ1n) is 8.00. The molecule has 0 bridgehead atoms. The summed E-state index contributed by atoms with van der Waals surface area (Å²) in [6, 6.07) is 8.07. The second-order valence-electron chi connectivity index (χ2n) is 6.73. The van der Waals surface area contributed by atoms with Crippen molar-refractivity contribution in [1.82, 2.24) is 10.6 Å². The fraction of sp³-hybridized carbons (Fsp3) is 0.556. The van der Waals surface area contributed by atoms with Crippen molar-refractivity contribution in [2.75, 3.05) is 6.54 Å². The molecule has 0 aliphatic rings. The highest BCUT2D eigenvalue weighted by atomic mass is 16.6. The van der Waals surface area contributed by atoms with Gasteiger partial charge in [-0.25, -0.2) is 4.79 Å². The zero-order chi connectivity index (χ0) is 17.5. The van der Waals surface area contributed by atoms with Gasteiger partial charge in [-0.1, -0.05) is 29.8 Å². The average molecular weight is 320 g/mol. The summed E-state index contributed by atoms with van der Waals surface area (Å²) in [5.41, 5.74) is 1.77. The van der Waals surface area contributed by atoms with E-state index >= 15 is 0 Å². The summed E-state index contributed by atoms with van der Waals surface area (Å²) in [5.74, 6) is -0.0240. The number of nitrogens with one attached hydrogen (secondary N) is 2. The molecule has 2 N–H and O–H groups in total. The molecule has 23 heavy (non-hydrogen) atoms. The zero-order valence-corrected chi connectivity index (χ0v) is 14.7. The number of hydrogen-bond acceptors (Lipinski definition) is 3. The van der Waals surface area contributed by atoms with Crippen molar-refractivity contribution in [3.05, 3.63) is 35.4 Å². The molecule has 1 rings (SSSR count). The van der Waals surface area contributed by atoms with E-state index in [-0.39, 0.29) is 11.9 Å². The molecule has 128 valence electrons. The lowest BCUT2D eigenvalue weighted by atomic mass is 10.1. The molecule has 0 saturated carbocycles. The minimum Gasteiger partial charge on any atom is -0.444 e. The van der Waals surface area contributed by atoms with Gasteiger partial charge in [0.15, 0.2) is 0 Å². The molecule has 2 amide bonds. The monoisotopic (exact) mass is 320 g/mol. The van der Waals surface area contributed by atoms with Crippen LogP contribution in [0.5, 0.6) is 0 Å². The highest BCUT2D eigenvalue weighted by Gasteiger charge is 2.15. The van der Waals surface area contributed by atoms with E-state index in [1.807, 2.05) is 58.9 Å². The van der Waals surface area contributed by atoms with Gasteiger partial charge in [-0.05, 0) is 46.6 Å². The highest BCUT2D eigenvalue weighted by Crippen LogP contribution is 2.13. The topological polar surface area (TPSA) is 67.4 Å². The standard InChI is InChI=1S/C18H28N2O3/c1-13-8-10-15(11-9-13)14(2)20-16(21)7-6-12-19-17(22)23-18(3,4)5/h8-11,14H,6-7,12H2,1-5H3,(H,19,22)(H,20,21). The molecule has 0 fully saturated rings. The van der Waals surface area contributed by atoms with Crippen LogP contribution in [0.25, 0.3) is 0 Å². The molecule has 0 heterocycles. The van der Waals surface area contributed by atoms with E-state index in [0.29, 0.717) is 19.4 Å². The number of amides is 2. The number of carbonyl (C=O) groups excluding carboxylic acids is 2. The van der Waals surface area contributed by atoms with Crippen LogP contribution in [0, 0.1) is 6.92 Å². The Bertz CT molecular complexity index is 518. The van der Waals surface area contributed by atoms with Crippen molar-refractivity contribution in [3.8, 4) is 0 Å². The number of hydrogen-bond donors (Lipinski definition) is 2. The first kappa shape index (κ1) is 19.0. The van der Waals surface area contributed by atoms with Crippen molar-refractivity contribution in [2.45, 2.75) is 59.1 Å². The number of aryl methyl sites for hydroxylation is 1. The lowest BCUT2D eigenvalue weighted by Gasteiger charge is -2.19. The Morgan fingerprint density at radius 2 is 1.78 bits per heavy atom. The SMILES string of the molecule is Cc1ccc(C(C)NC(=O)CCCNC(=O)OC(C)(C)C)cc1. The summed E-state index contributed by atoms with van der Waals surface area (Å²) in [7, 11) is 0. The summed E-state index contributed by atoms with van der Waals surface area (Å²) in [6.45, 7) is 9.85. The third-order valence-electron chi connectivity index (χ3n) is 3.20. The molecule has 0 aliphatic carbocycles. The van der Waals surface area contributed by atoms with E-state index in [1.165, 1.54) is 5.56 Å². The van der Waals surface area contributed by atoms with Crippen LogP contribution in [-0.2, 0) is 9.53 Å². The van der Waals surface area contributed by atoms with Crippen molar-refractivity contribution >= 4 is 12.0 Å². The van der Waals surface area contributed by atoms with Crippen LogP contribution in [-0.4, -0.2) is 24.1 Å². The van der Waals surface area contributed by atoms with E-state index in [4.69, 9.17) is 4.74 Å². The van der Waals surface area contributed by atoms with Gasteiger partial charge in [0.05, 0.1) is 6.04 Å². The van der Waals surface area contributed by atoms with Crippen LogP contribution in [0.2, 0.25) is 0 Å². The van der Waals surface area contributed by atoms with Gasteiger partial charge in [-0.2, -0.15) is 0 Å². The van der Waals surface area contributed by atoms with Crippen molar-refractivity contribution in [1.29, 1.82) is 0 Å². The molecule has 1 atom stereocenters. The molecule has 1 aromatic rings. The Hall–Kier alpha value is -2.04. The Morgan fingerprint density at radius 1 is 1.17 bits per heavy atom. The molecular weight excluding hydrogens is 292 g/mol. The Labute approximate surface area is 138 Å². The second kappa shape index (κ2) is 8.56. The molecule has 0 aliphatic heterocycles. The molecule has 1 unspecified atom stereocenters. The summed E-state index contributed by atoms with van der Waals surface area (Å²) in [5, 5.41) is 5.60. The summed E-state index contributed by atoms with van der Waals surface area (Å²) < 4.78 is 5.13. The normalized spacial score (nSPS) is 12.4. The second-order valence-corrected chi connectivity index (χ2v) is 6.73. The molecule has 5 heteroatoms. The first-order chi connectivity index (χ1) is 10.7. The number of benzene rings is 1. The van der Waals surface area contributed by atoms with Gasteiger partial charge in [-0.15, -0.1) is 0 Å². The molecule has 0 spiro atoms.